The van der Waals surface area contributed by atoms with Crippen LogP contribution in [0.15, 0.2) is 120 Å². The van der Waals surface area contributed by atoms with Gasteiger partial charge in [-0.25, -0.2) is 4.79 Å². The summed E-state index contributed by atoms with van der Waals surface area (Å²) in [6.45, 7) is 18.5. The van der Waals surface area contributed by atoms with Gasteiger partial charge in [0.1, 0.15) is 12.3 Å². The smallest absolute Gasteiger partial charge is 0.335 e. The number of carbonyl (C=O) groups is 2. The van der Waals surface area contributed by atoms with E-state index in [1.165, 1.54) is 36.8 Å². The molecule has 0 unspecified atom stereocenters. The Morgan fingerprint density at radius 1 is 0.741 bits per heavy atom. The maximum Gasteiger partial charge on any atom is 0.335 e. The van der Waals surface area contributed by atoms with Gasteiger partial charge in [0.15, 0.2) is 5.71 Å². The van der Waals surface area contributed by atoms with Gasteiger partial charge in [-0.15, -0.1) is 0 Å². The number of anilines is 4. The molecule has 0 saturated heterocycles. The summed E-state index contributed by atoms with van der Waals surface area (Å²) in [5, 5.41) is 21.5. The number of fused-ring (bicyclic) bond motifs is 2. The number of aliphatic hydroxyl groups excluding tert-OH is 1. The first-order valence-electron chi connectivity index (χ1n) is 21.0. The second-order valence-corrected chi connectivity index (χ2v) is 17.2. The first kappa shape index (κ1) is 40.5. The number of likely N-dealkylation sites (N-methyl/N-ethyl adjacent to an activating group) is 1. The second-order valence-electron chi connectivity index (χ2n) is 17.2. The Kier molecular flexibility index (Phi) is 11.1. The van der Waals surface area contributed by atoms with Crippen LogP contribution in [0.3, 0.4) is 0 Å². The summed E-state index contributed by atoms with van der Waals surface area (Å²) in [4.78, 5) is 30.7. The highest BCUT2D eigenvalue weighted by atomic mass is 16.4. The predicted molar refractivity (Wildman–Crippen MR) is 237 cm³/mol. The number of carboxylic acids is 1. The average molecular weight is 777 g/mol. The average Bonchev–Trinajstić information content (AvgIpc) is 3.55. The Bertz CT molecular complexity index is 2350. The third-order valence-electron chi connectivity index (χ3n) is 12.5. The van der Waals surface area contributed by atoms with E-state index in [1.807, 2.05) is 18.2 Å². The Morgan fingerprint density at radius 3 is 1.93 bits per heavy atom. The summed E-state index contributed by atoms with van der Waals surface area (Å²) in [6, 6.07) is 29.1. The molecule has 2 aliphatic heterocycles. The van der Waals surface area contributed by atoms with Crippen LogP contribution in [0, 0.1) is 13.8 Å². The topological polar surface area (TPSA) is 84.1 Å². The van der Waals surface area contributed by atoms with Crippen molar-refractivity contribution < 1.29 is 24.4 Å². The van der Waals surface area contributed by atoms with Crippen LogP contribution >= 0.6 is 0 Å². The fourth-order valence-corrected chi connectivity index (χ4v) is 8.98. The third-order valence-corrected chi connectivity index (χ3v) is 12.5. The van der Waals surface area contributed by atoms with E-state index in [9.17, 15) is 19.8 Å². The molecule has 7 rings (SSSR count). The molecule has 4 aromatic carbocycles. The summed E-state index contributed by atoms with van der Waals surface area (Å²) in [5.41, 5.74) is 11.3. The van der Waals surface area contributed by atoms with Crippen molar-refractivity contribution in [2.75, 3.05) is 22.9 Å². The van der Waals surface area contributed by atoms with Crippen LogP contribution < -0.4 is 9.80 Å². The molecule has 7 heteroatoms. The Labute approximate surface area is 344 Å². The van der Waals surface area contributed by atoms with E-state index in [2.05, 4.69) is 136 Å². The van der Waals surface area contributed by atoms with Gasteiger partial charge < -0.3 is 20.0 Å². The van der Waals surface area contributed by atoms with Gasteiger partial charge >= 0.3 is 5.97 Å². The monoisotopic (exact) mass is 776 g/mol. The van der Waals surface area contributed by atoms with E-state index in [4.69, 9.17) is 0 Å². The number of allylic oxidation sites excluding steroid dienone is 5. The first-order valence-corrected chi connectivity index (χ1v) is 21.0. The molecule has 0 amide bonds. The molecule has 3 aliphatic rings. The van der Waals surface area contributed by atoms with Crippen LogP contribution in [0.4, 0.5) is 28.4 Å². The van der Waals surface area contributed by atoms with Crippen molar-refractivity contribution in [1.82, 2.24) is 0 Å². The van der Waals surface area contributed by atoms with Crippen LogP contribution in [-0.2, 0) is 15.6 Å². The minimum absolute atomic E-state index is 0.00379. The summed E-state index contributed by atoms with van der Waals surface area (Å²) >= 11 is 0. The lowest BCUT2D eigenvalue weighted by Gasteiger charge is -2.29. The SMILES string of the molecule is CCCCCCCC[N+]1=C(/C=C2/C(=O)C(/C=C3/N(CC)c4ccc(N(c5ccc(C)cc5)c5ccc(C)cc5)cc4C3(C)C)=C2O)C(C)(C)c2cc(C(=O)O)ccc21. The number of carbonyl (C=O) groups excluding carboxylic acids is 1. The van der Waals surface area contributed by atoms with Crippen molar-refractivity contribution in [3.8, 4) is 0 Å². The molecule has 0 aromatic heterocycles. The molecule has 2 heterocycles. The Morgan fingerprint density at radius 2 is 1.34 bits per heavy atom. The minimum Gasteiger partial charge on any atom is -0.506 e. The molecule has 0 bridgehead atoms. The van der Waals surface area contributed by atoms with E-state index < -0.39 is 16.8 Å². The van der Waals surface area contributed by atoms with Crippen molar-refractivity contribution in [3.05, 3.63) is 148 Å². The predicted octanol–water partition coefficient (Wildman–Crippen LogP) is 12.2. The molecule has 0 atom stereocenters. The lowest BCUT2D eigenvalue weighted by molar-refractivity contribution is -0.438. The molecule has 4 aromatic rings. The van der Waals surface area contributed by atoms with E-state index in [0.29, 0.717) is 17.7 Å². The molecule has 300 valence electrons. The lowest BCUT2D eigenvalue weighted by atomic mass is 9.77. The van der Waals surface area contributed by atoms with Gasteiger partial charge in [0.25, 0.3) is 0 Å². The minimum atomic E-state index is -0.968. The lowest BCUT2D eigenvalue weighted by Crippen LogP contribution is -2.32. The molecule has 1 aliphatic carbocycles. The van der Waals surface area contributed by atoms with Gasteiger partial charge in [0.05, 0.1) is 22.1 Å². The number of benzene rings is 4. The zero-order valence-electron chi connectivity index (χ0n) is 35.4. The molecule has 0 saturated carbocycles. The number of hydrogen-bond acceptors (Lipinski definition) is 5. The number of unbranched alkanes of at least 4 members (excludes halogenated alkanes) is 5. The largest absolute Gasteiger partial charge is 0.506 e. The maximum absolute atomic E-state index is 14.2. The van der Waals surface area contributed by atoms with Gasteiger partial charge in [0.2, 0.25) is 11.5 Å². The number of aromatic carboxylic acids is 1. The van der Waals surface area contributed by atoms with Crippen molar-refractivity contribution in [2.45, 2.75) is 105 Å². The number of hydrogen-bond donors (Lipinski definition) is 2. The fraction of sp³-hybridized carbons (Fsp3) is 0.353. The molecular formula is C51H58N3O4+. The number of carboxylic acid groups (broad SMARTS) is 1. The van der Waals surface area contributed by atoms with E-state index >= 15 is 0 Å². The highest BCUT2D eigenvalue weighted by Crippen LogP contribution is 2.51. The van der Waals surface area contributed by atoms with E-state index in [1.54, 1.807) is 12.1 Å². The first-order chi connectivity index (χ1) is 27.7. The van der Waals surface area contributed by atoms with Gasteiger partial charge in [-0.1, -0.05) is 81.8 Å². The van der Waals surface area contributed by atoms with Crippen molar-refractivity contribution >= 4 is 45.9 Å². The van der Waals surface area contributed by atoms with Crippen molar-refractivity contribution in [3.63, 3.8) is 0 Å². The van der Waals surface area contributed by atoms with E-state index in [0.717, 1.165) is 70.4 Å². The zero-order valence-corrected chi connectivity index (χ0v) is 35.4. The van der Waals surface area contributed by atoms with E-state index in [-0.39, 0.29) is 17.1 Å². The molecule has 58 heavy (non-hydrogen) atoms. The Balaban J connectivity index is 1.25. The number of Topliss-reactive ketones (excluding diaryl/α,β-unsaturated/α-hetero) is 1. The number of nitrogens with zero attached hydrogens (tertiary/aromatic N) is 3. The van der Waals surface area contributed by atoms with Gasteiger partial charge in [-0.05, 0) is 107 Å². The molecule has 2 N–H and O–H groups in total. The maximum atomic E-state index is 14.2. The molecular weight excluding hydrogens is 719 g/mol. The normalized spacial score (nSPS) is 17.9. The Hall–Kier alpha value is -5.69. The standard InChI is InChI=1S/C51H57N3O4/c1-9-11-12-13-14-15-28-53-44-26-20-35(49(57)58)29-41(44)50(5,6)46(53)32-40-47(55)39(48(40)56)31-45-51(7,8)42-30-38(25-27-43(42)52(45)10-2)54(36-21-16-33(3)17-22-36)37-23-18-34(4)19-24-37/h16-27,29-32H,9-15,28H2,1-8H3,(H-,55,56,57,58)/p+1. The molecule has 0 fully saturated rings. The van der Waals surface area contributed by atoms with Crippen LogP contribution in [0.25, 0.3) is 0 Å². The molecule has 0 spiro atoms. The van der Waals surface area contributed by atoms with Crippen LogP contribution in [0.2, 0.25) is 0 Å². The summed E-state index contributed by atoms with van der Waals surface area (Å²) in [7, 11) is 0. The summed E-state index contributed by atoms with van der Waals surface area (Å²) < 4.78 is 2.23. The van der Waals surface area contributed by atoms with Crippen molar-refractivity contribution in [2.24, 2.45) is 0 Å². The highest BCUT2D eigenvalue weighted by molar-refractivity contribution is 6.24. The third kappa shape index (κ3) is 7.20. The quantitative estimate of drug-likeness (QED) is 0.0754. The van der Waals surface area contributed by atoms with Crippen molar-refractivity contribution in [1.29, 1.82) is 0 Å². The summed E-state index contributed by atoms with van der Waals surface area (Å²) in [5.74, 6) is -1.16. The van der Waals surface area contributed by atoms with Crippen LogP contribution in [-0.4, -0.2) is 45.3 Å². The summed E-state index contributed by atoms with van der Waals surface area (Å²) in [6.07, 6.45) is 10.6. The highest BCUT2D eigenvalue weighted by Gasteiger charge is 2.47. The molecule has 0 radical (unpaired) electrons. The zero-order chi connectivity index (χ0) is 41.5. The van der Waals surface area contributed by atoms with Crippen LogP contribution in [0.1, 0.15) is 113 Å². The van der Waals surface area contributed by atoms with Gasteiger partial charge in [0, 0.05) is 64.5 Å². The number of rotatable bonds is 14. The molecule has 7 nitrogen and oxygen atoms in total. The van der Waals surface area contributed by atoms with Gasteiger partial charge in [-0.2, -0.15) is 4.58 Å². The second kappa shape index (κ2) is 15.9. The number of aryl methyl sites for hydroxylation is 2. The number of aliphatic hydroxyl groups is 1. The van der Waals surface area contributed by atoms with Gasteiger partial charge in [-0.3, -0.25) is 4.79 Å². The van der Waals surface area contributed by atoms with Crippen LogP contribution in [0.5, 0.6) is 0 Å². The fourth-order valence-electron chi connectivity index (χ4n) is 8.98. The number of ketones is 1.